The van der Waals surface area contributed by atoms with Crippen LogP contribution >= 0.6 is 11.3 Å². The molecule has 4 aromatic rings. The summed E-state index contributed by atoms with van der Waals surface area (Å²) < 4.78 is 1.73. The van der Waals surface area contributed by atoms with E-state index >= 15 is 0 Å². The monoisotopic (exact) mass is 252 g/mol. The molecule has 0 N–H and O–H groups in total. The van der Waals surface area contributed by atoms with Gasteiger partial charge < -0.3 is 0 Å². The third-order valence-electron chi connectivity index (χ3n) is 2.86. The van der Waals surface area contributed by atoms with E-state index in [0.29, 0.717) is 0 Å². The minimum atomic E-state index is 0.745. The molecule has 0 atom stereocenters. The van der Waals surface area contributed by atoms with E-state index < -0.39 is 0 Å². The minimum absolute atomic E-state index is 0.745. The Morgan fingerprint density at radius 3 is 2.94 bits per heavy atom. The molecule has 0 saturated heterocycles. The highest BCUT2D eigenvalue weighted by Gasteiger charge is 2.09. The predicted molar refractivity (Wildman–Crippen MR) is 71.6 cm³/mol. The van der Waals surface area contributed by atoms with Crippen LogP contribution in [0.2, 0.25) is 0 Å². The van der Waals surface area contributed by atoms with Gasteiger partial charge in [0.2, 0.25) is 0 Å². The molecular formula is C13H8N4S. The van der Waals surface area contributed by atoms with Gasteiger partial charge in [-0.25, -0.2) is 14.5 Å². The Labute approximate surface area is 107 Å². The highest BCUT2D eigenvalue weighted by molar-refractivity contribution is 7.08. The quantitative estimate of drug-likeness (QED) is 0.523. The highest BCUT2D eigenvalue weighted by atomic mass is 32.1. The summed E-state index contributed by atoms with van der Waals surface area (Å²) in [6.45, 7) is 0. The lowest BCUT2D eigenvalue weighted by molar-refractivity contribution is 0.938. The van der Waals surface area contributed by atoms with Crippen molar-refractivity contribution in [2.75, 3.05) is 0 Å². The molecule has 3 heterocycles. The lowest BCUT2D eigenvalue weighted by Crippen LogP contribution is -1.90. The average Bonchev–Trinajstić information content (AvgIpc) is 3.07. The molecule has 18 heavy (non-hydrogen) atoms. The predicted octanol–water partition coefficient (Wildman–Crippen LogP) is 3.01. The molecule has 0 aliphatic carbocycles. The van der Waals surface area contributed by atoms with Crippen LogP contribution in [-0.4, -0.2) is 19.6 Å². The highest BCUT2D eigenvalue weighted by Crippen LogP contribution is 2.22. The van der Waals surface area contributed by atoms with Crippen LogP contribution in [0.15, 0.2) is 47.4 Å². The van der Waals surface area contributed by atoms with Crippen LogP contribution in [0.5, 0.6) is 0 Å². The van der Waals surface area contributed by atoms with Gasteiger partial charge in [0.1, 0.15) is 6.33 Å². The summed E-state index contributed by atoms with van der Waals surface area (Å²) in [5.41, 5.74) is 2.84. The van der Waals surface area contributed by atoms with Gasteiger partial charge in [0.05, 0.1) is 5.52 Å². The second-order valence-corrected chi connectivity index (χ2v) is 4.76. The summed E-state index contributed by atoms with van der Waals surface area (Å²) in [4.78, 5) is 8.97. The summed E-state index contributed by atoms with van der Waals surface area (Å²) in [5.74, 6) is 0.745. The fourth-order valence-corrected chi connectivity index (χ4v) is 2.63. The van der Waals surface area contributed by atoms with Crippen molar-refractivity contribution in [3.05, 3.63) is 47.4 Å². The van der Waals surface area contributed by atoms with Crippen LogP contribution in [0.3, 0.4) is 0 Å². The van der Waals surface area contributed by atoms with Gasteiger partial charge >= 0.3 is 0 Å². The molecule has 0 aliphatic rings. The minimum Gasteiger partial charge on any atom is -0.236 e. The summed E-state index contributed by atoms with van der Waals surface area (Å²) in [6, 6.07) is 9.98. The number of thiophene rings is 1. The van der Waals surface area contributed by atoms with Gasteiger partial charge in [-0.3, -0.25) is 0 Å². The van der Waals surface area contributed by atoms with Gasteiger partial charge in [0.25, 0.3) is 0 Å². The van der Waals surface area contributed by atoms with Crippen LogP contribution in [0, 0.1) is 0 Å². The zero-order chi connectivity index (χ0) is 11.9. The van der Waals surface area contributed by atoms with E-state index in [9.17, 15) is 0 Å². The van der Waals surface area contributed by atoms with Crippen molar-refractivity contribution in [3.8, 4) is 11.4 Å². The van der Waals surface area contributed by atoms with Gasteiger partial charge in [0, 0.05) is 16.3 Å². The van der Waals surface area contributed by atoms with E-state index in [1.165, 1.54) is 0 Å². The first-order valence-electron chi connectivity index (χ1n) is 5.54. The van der Waals surface area contributed by atoms with E-state index in [1.807, 2.05) is 41.1 Å². The fourth-order valence-electron chi connectivity index (χ4n) is 1.99. The fraction of sp³-hybridized carbons (Fsp3) is 0. The molecule has 4 rings (SSSR count). The van der Waals surface area contributed by atoms with E-state index in [4.69, 9.17) is 0 Å². The molecule has 86 valence electrons. The Bertz CT molecular complexity index is 833. The van der Waals surface area contributed by atoms with Crippen LogP contribution in [0.25, 0.3) is 27.9 Å². The lowest BCUT2D eigenvalue weighted by atomic mass is 10.2. The van der Waals surface area contributed by atoms with Crippen LogP contribution in [0.1, 0.15) is 0 Å². The van der Waals surface area contributed by atoms with Crippen molar-refractivity contribution >= 4 is 27.9 Å². The second kappa shape index (κ2) is 3.61. The molecule has 0 radical (unpaired) electrons. The maximum Gasteiger partial charge on any atom is 0.183 e. The Balaban J connectivity index is 2.08. The normalized spacial score (nSPS) is 11.3. The molecule has 0 aliphatic heterocycles. The van der Waals surface area contributed by atoms with Gasteiger partial charge in [-0.1, -0.05) is 12.1 Å². The van der Waals surface area contributed by atoms with Crippen molar-refractivity contribution in [3.63, 3.8) is 0 Å². The molecule has 4 nitrogen and oxygen atoms in total. The SMILES string of the molecule is c1ccc2c(c1)ncn1nc(-c3ccsc3)nc21. The van der Waals surface area contributed by atoms with Gasteiger partial charge in [0.15, 0.2) is 11.5 Å². The summed E-state index contributed by atoms with van der Waals surface area (Å²) in [5, 5.41) is 9.55. The van der Waals surface area contributed by atoms with E-state index in [2.05, 4.69) is 15.1 Å². The number of aromatic nitrogens is 4. The molecule has 0 unspecified atom stereocenters. The number of hydrogen-bond acceptors (Lipinski definition) is 4. The van der Waals surface area contributed by atoms with Crippen molar-refractivity contribution in [1.82, 2.24) is 19.6 Å². The number of rotatable bonds is 1. The molecule has 0 saturated carbocycles. The average molecular weight is 252 g/mol. The standard InChI is InChI=1S/C13H8N4S/c1-2-4-11-10(3-1)13-15-12(9-5-6-18-7-9)16-17(13)8-14-11/h1-8H. The summed E-state index contributed by atoms with van der Waals surface area (Å²) in [6.07, 6.45) is 1.71. The zero-order valence-electron chi connectivity index (χ0n) is 9.32. The smallest absolute Gasteiger partial charge is 0.183 e. The molecule has 1 aromatic carbocycles. The molecule has 5 heteroatoms. The summed E-state index contributed by atoms with van der Waals surface area (Å²) >= 11 is 1.64. The Morgan fingerprint density at radius 2 is 2.06 bits per heavy atom. The van der Waals surface area contributed by atoms with Crippen LogP contribution < -0.4 is 0 Å². The molecule has 0 amide bonds. The van der Waals surface area contributed by atoms with Crippen molar-refractivity contribution in [1.29, 1.82) is 0 Å². The third-order valence-corrected chi connectivity index (χ3v) is 3.55. The number of benzene rings is 1. The molecule has 3 aromatic heterocycles. The third kappa shape index (κ3) is 1.34. The van der Waals surface area contributed by atoms with E-state index in [0.717, 1.165) is 27.9 Å². The first-order chi connectivity index (χ1) is 8.92. The lowest BCUT2D eigenvalue weighted by Gasteiger charge is -1.96. The number of fused-ring (bicyclic) bond motifs is 3. The van der Waals surface area contributed by atoms with Crippen LogP contribution in [0.4, 0.5) is 0 Å². The Morgan fingerprint density at radius 1 is 1.11 bits per heavy atom. The van der Waals surface area contributed by atoms with Gasteiger partial charge in [-0.2, -0.15) is 11.3 Å². The largest absolute Gasteiger partial charge is 0.236 e. The molecule has 0 bridgehead atoms. The van der Waals surface area contributed by atoms with Crippen molar-refractivity contribution in [2.24, 2.45) is 0 Å². The zero-order valence-corrected chi connectivity index (χ0v) is 10.1. The number of nitrogens with zero attached hydrogens (tertiary/aromatic N) is 4. The summed E-state index contributed by atoms with van der Waals surface area (Å²) in [7, 11) is 0. The number of para-hydroxylation sites is 1. The van der Waals surface area contributed by atoms with E-state index in [-0.39, 0.29) is 0 Å². The van der Waals surface area contributed by atoms with Gasteiger partial charge in [-0.05, 0) is 23.6 Å². The first-order valence-corrected chi connectivity index (χ1v) is 6.49. The van der Waals surface area contributed by atoms with Crippen molar-refractivity contribution < 1.29 is 0 Å². The van der Waals surface area contributed by atoms with Crippen LogP contribution in [-0.2, 0) is 0 Å². The number of hydrogen-bond donors (Lipinski definition) is 0. The molecular weight excluding hydrogens is 244 g/mol. The van der Waals surface area contributed by atoms with Gasteiger partial charge in [-0.15, -0.1) is 5.10 Å². The topological polar surface area (TPSA) is 43.1 Å². The maximum absolute atomic E-state index is 4.60. The van der Waals surface area contributed by atoms with E-state index in [1.54, 1.807) is 22.2 Å². The maximum atomic E-state index is 4.60. The van der Waals surface area contributed by atoms with Crippen molar-refractivity contribution in [2.45, 2.75) is 0 Å². The first kappa shape index (κ1) is 9.73. The Kier molecular flexibility index (Phi) is 1.95. The second-order valence-electron chi connectivity index (χ2n) is 3.98. The Hall–Kier alpha value is -2.27. The molecule has 0 fully saturated rings. The molecule has 0 spiro atoms.